The second-order valence-corrected chi connectivity index (χ2v) is 32.8. The summed E-state index contributed by atoms with van der Waals surface area (Å²) in [6.07, 6.45) is 56.9. The van der Waals surface area contributed by atoms with Gasteiger partial charge in [0.1, 0.15) is 19.3 Å². The lowest BCUT2D eigenvalue weighted by atomic mass is 10.0. The summed E-state index contributed by atoms with van der Waals surface area (Å²) < 4.78 is 68.6. The van der Waals surface area contributed by atoms with Crippen molar-refractivity contribution in [3.05, 3.63) is 0 Å². The summed E-state index contributed by atoms with van der Waals surface area (Å²) in [6.45, 7) is 11.9. The van der Waals surface area contributed by atoms with Gasteiger partial charge in [0.05, 0.1) is 26.4 Å². The summed E-state index contributed by atoms with van der Waals surface area (Å²) in [5.74, 6) is 0.186. The number of aliphatic hydroxyl groups excluding tert-OH is 1. The van der Waals surface area contributed by atoms with Crippen LogP contribution in [0.3, 0.4) is 0 Å². The Morgan fingerprint density at radius 1 is 0.276 bits per heavy atom. The smallest absolute Gasteiger partial charge is 0.462 e. The van der Waals surface area contributed by atoms with Crippen LogP contribution in [0.5, 0.6) is 0 Å². The Hall–Kier alpha value is -1.94. The van der Waals surface area contributed by atoms with E-state index in [1.165, 1.54) is 212 Å². The number of carbonyl (C=O) groups excluding carboxylic acids is 4. The minimum absolute atomic E-state index is 0.107. The molecule has 0 saturated carbocycles. The molecule has 582 valence electrons. The van der Waals surface area contributed by atoms with Crippen LogP contribution in [0.15, 0.2) is 0 Å². The Balaban J connectivity index is 5.25. The van der Waals surface area contributed by atoms with E-state index in [0.717, 1.165) is 108 Å². The van der Waals surface area contributed by atoms with Gasteiger partial charge in [-0.3, -0.25) is 37.3 Å². The number of rotatable bonds is 77. The highest BCUT2D eigenvalue weighted by molar-refractivity contribution is 7.47. The average molecular weight is 1440 g/mol. The Labute approximate surface area is 600 Å². The molecule has 0 radical (unpaired) electrons. The molecule has 0 saturated heterocycles. The highest BCUT2D eigenvalue weighted by Crippen LogP contribution is 2.45. The summed E-state index contributed by atoms with van der Waals surface area (Å²) in [7, 11) is -9.92. The van der Waals surface area contributed by atoms with E-state index in [2.05, 4.69) is 48.5 Å². The van der Waals surface area contributed by atoms with Gasteiger partial charge in [0, 0.05) is 25.7 Å². The zero-order valence-electron chi connectivity index (χ0n) is 64.3. The van der Waals surface area contributed by atoms with Crippen LogP contribution in [0.1, 0.15) is 408 Å². The second-order valence-electron chi connectivity index (χ2n) is 29.9. The lowest BCUT2D eigenvalue weighted by Crippen LogP contribution is -2.30. The number of aliphatic hydroxyl groups is 1. The summed E-state index contributed by atoms with van der Waals surface area (Å²) in [4.78, 5) is 72.9. The molecule has 0 aromatic carbocycles. The molecular weight excluding hydrogens is 1280 g/mol. The van der Waals surface area contributed by atoms with Crippen molar-refractivity contribution in [3.8, 4) is 0 Å². The monoisotopic (exact) mass is 1440 g/mol. The topological polar surface area (TPSA) is 237 Å². The maximum Gasteiger partial charge on any atom is 0.472 e. The third kappa shape index (κ3) is 72.4. The SMILES string of the molecule is CCCCCCCCCCCCCCCCC(=O)O[C@H](COC(=O)CCCCCCCCCC(C)C)COP(=O)(O)OC[C@H](O)COP(=O)(O)OC[C@@H](COC(=O)CCCCCCCCCCCCCCCC(C)C)OC(=O)CCCCCCCCCCCCCCCCCC(C)C. The minimum atomic E-state index is -4.96. The molecule has 98 heavy (non-hydrogen) atoms. The number of carbonyl (C=O) groups is 4. The van der Waals surface area contributed by atoms with E-state index in [1.807, 2.05) is 0 Å². The van der Waals surface area contributed by atoms with Gasteiger partial charge in [-0.25, -0.2) is 9.13 Å². The van der Waals surface area contributed by atoms with Crippen LogP contribution < -0.4 is 0 Å². The van der Waals surface area contributed by atoms with Gasteiger partial charge in [-0.2, -0.15) is 0 Å². The first kappa shape index (κ1) is 96.1. The minimum Gasteiger partial charge on any atom is -0.462 e. The molecule has 19 heteroatoms. The highest BCUT2D eigenvalue weighted by Gasteiger charge is 2.30. The van der Waals surface area contributed by atoms with Crippen molar-refractivity contribution in [2.24, 2.45) is 17.8 Å². The fourth-order valence-electron chi connectivity index (χ4n) is 12.1. The van der Waals surface area contributed by atoms with Crippen LogP contribution in [-0.2, 0) is 65.4 Å². The van der Waals surface area contributed by atoms with Crippen LogP contribution >= 0.6 is 15.6 Å². The second kappa shape index (κ2) is 69.4. The molecule has 17 nitrogen and oxygen atoms in total. The summed E-state index contributed by atoms with van der Waals surface area (Å²) >= 11 is 0. The summed E-state index contributed by atoms with van der Waals surface area (Å²) in [5.41, 5.74) is 0. The molecule has 3 N–H and O–H groups in total. The van der Waals surface area contributed by atoms with E-state index in [-0.39, 0.29) is 25.7 Å². The van der Waals surface area contributed by atoms with Crippen molar-refractivity contribution < 1.29 is 80.2 Å². The maximum absolute atomic E-state index is 13.1. The largest absolute Gasteiger partial charge is 0.472 e. The van der Waals surface area contributed by atoms with Crippen LogP contribution in [0.25, 0.3) is 0 Å². The van der Waals surface area contributed by atoms with Gasteiger partial charge in [-0.1, -0.05) is 357 Å². The van der Waals surface area contributed by atoms with Gasteiger partial charge in [-0.05, 0) is 43.4 Å². The van der Waals surface area contributed by atoms with E-state index in [0.29, 0.717) is 31.6 Å². The predicted octanol–water partition coefficient (Wildman–Crippen LogP) is 23.4. The number of phosphoric ester groups is 2. The Bertz CT molecular complexity index is 1900. The molecule has 0 heterocycles. The number of hydrogen-bond acceptors (Lipinski definition) is 15. The summed E-state index contributed by atoms with van der Waals surface area (Å²) in [5, 5.41) is 10.6. The molecule has 0 rings (SSSR count). The van der Waals surface area contributed by atoms with Gasteiger partial charge < -0.3 is 33.8 Å². The number of esters is 4. The van der Waals surface area contributed by atoms with Crippen LogP contribution in [0.2, 0.25) is 0 Å². The van der Waals surface area contributed by atoms with Crippen LogP contribution in [-0.4, -0.2) is 96.7 Å². The zero-order chi connectivity index (χ0) is 72.3. The molecule has 0 aliphatic heterocycles. The lowest BCUT2D eigenvalue weighted by molar-refractivity contribution is -0.161. The Kier molecular flexibility index (Phi) is 68.1. The van der Waals surface area contributed by atoms with E-state index in [1.54, 1.807) is 0 Å². The van der Waals surface area contributed by atoms with Crippen molar-refractivity contribution in [1.82, 2.24) is 0 Å². The normalized spacial score (nSPS) is 14.0. The molecule has 0 bridgehead atoms. The first-order chi connectivity index (χ1) is 47.2. The fourth-order valence-corrected chi connectivity index (χ4v) is 13.7. The van der Waals surface area contributed by atoms with Crippen molar-refractivity contribution in [2.75, 3.05) is 39.6 Å². The third-order valence-electron chi connectivity index (χ3n) is 18.4. The molecule has 0 aromatic heterocycles. The molecule has 0 aliphatic carbocycles. The van der Waals surface area contributed by atoms with Gasteiger partial charge in [0.15, 0.2) is 12.2 Å². The molecule has 5 atom stereocenters. The third-order valence-corrected chi connectivity index (χ3v) is 20.3. The maximum atomic E-state index is 13.1. The highest BCUT2D eigenvalue weighted by atomic mass is 31.2. The molecule has 0 spiro atoms. The zero-order valence-corrected chi connectivity index (χ0v) is 66.0. The van der Waals surface area contributed by atoms with Crippen molar-refractivity contribution in [1.29, 1.82) is 0 Å². The van der Waals surface area contributed by atoms with Gasteiger partial charge in [0.2, 0.25) is 0 Å². The van der Waals surface area contributed by atoms with Gasteiger partial charge in [-0.15, -0.1) is 0 Å². The lowest BCUT2D eigenvalue weighted by Gasteiger charge is -2.21. The molecule has 0 amide bonds. The van der Waals surface area contributed by atoms with Crippen molar-refractivity contribution in [2.45, 2.75) is 426 Å². The van der Waals surface area contributed by atoms with E-state index in [4.69, 9.17) is 37.0 Å². The number of phosphoric acid groups is 2. The average Bonchev–Trinajstić information content (AvgIpc) is 1.000. The molecule has 0 fully saturated rings. The van der Waals surface area contributed by atoms with E-state index < -0.39 is 97.5 Å². The van der Waals surface area contributed by atoms with Gasteiger partial charge in [0.25, 0.3) is 0 Å². The quantitative estimate of drug-likeness (QED) is 0.0222. The van der Waals surface area contributed by atoms with Gasteiger partial charge >= 0.3 is 39.5 Å². The Morgan fingerprint density at radius 2 is 0.469 bits per heavy atom. The Morgan fingerprint density at radius 3 is 0.694 bits per heavy atom. The molecule has 0 aromatic rings. The first-order valence-corrected chi connectivity index (χ1v) is 43.8. The van der Waals surface area contributed by atoms with E-state index in [9.17, 15) is 43.2 Å². The van der Waals surface area contributed by atoms with Crippen LogP contribution in [0, 0.1) is 17.8 Å². The predicted molar refractivity (Wildman–Crippen MR) is 400 cm³/mol. The number of ether oxygens (including phenoxy) is 4. The standard InChI is InChI=1S/C79H154O17P2/c1-8-9-10-11-12-13-14-15-22-28-33-40-48-55-62-79(84)96-75(67-90-77(82)61-54-47-42-35-38-45-52-59-72(6)7)69-94-98(87,88)92-65-73(80)64-91-97(85,86)93-68-74(66-89-76(81)60-53-46-39-32-27-24-19-21-26-31-37-44-51-58-71(4)5)95-78(83)63-56-49-41-34-29-23-18-16-17-20-25-30-36-43-50-57-70(2)3/h70-75,80H,8-69H2,1-7H3,(H,85,86)(H,87,88)/t73-,74-,75-/m1/s1. The van der Waals surface area contributed by atoms with Crippen LogP contribution in [0.4, 0.5) is 0 Å². The number of unbranched alkanes of at least 4 members (excludes halogenated alkanes) is 45. The van der Waals surface area contributed by atoms with Crippen molar-refractivity contribution in [3.63, 3.8) is 0 Å². The molecule has 0 aliphatic rings. The molecule has 2 unspecified atom stereocenters. The first-order valence-electron chi connectivity index (χ1n) is 40.8. The number of hydrogen-bond donors (Lipinski definition) is 3. The van der Waals surface area contributed by atoms with Crippen molar-refractivity contribution >= 4 is 39.5 Å². The fraction of sp³-hybridized carbons (Fsp3) is 0.949. The molecular formula is C79H154O17P2. The van der Waals surface area contributed by atoms with E-state index >= 15 is 0 Å². The summed E-state index contributed by atoms with van der Waals surface area (Å²) in [6, 6.07) is 0.